The molecule has 1 aromatic carbocycles. The van der Waals surface area contributed by atoms with Gasteiger partial charge >= 0.3 is 6.18 Å². The van der Waals surface area contributed by atoms with Crippen molar-refractivity contribution in [3.05, 3.63) is 36.3 Å². The third kappa shape index (κ3) is 4.08. The van der Waals surface area contributed by atoms with Crippen LogP contribution in [-0.2, 0) is 9.59 Å². The zero-order valence-corrected chi connectivity index (χ0v) is 19.7. The molecule has 36 heavy (non-hydrogen) atoms. The van der Waals surface area contributed by atoms with Crippen LogP contribution in [-0.4, -0.2) is 40.2 Å². The number of aromatic nitrogens is 1. The summed E-state index contributed by atoms with van der Waals surface area (Å²) in [5.74, 6) is 0.162. The number of halogens is 4. The molecule has 5 aliphatic rings. The second-order valence-corrected chi connectivity index (χ2v) is 11.3. The number of rotatable bonds is 7. The maximum atomic E-state index is 13.7. The molecule has 6 nitrogen and oxygen atoms in total. The molecule has 0 radical (unpaired) electrons. The van der Waals surface area contributed by atoms with Crippen LogP contribution in [0.3, 0.4) is 0 Å². The Labute approximate surface area is 205 Å². The Morgan fingerprint density at radius 2 is 1.78 bits per heavy atom. The number of fused-ring (bicyclic) bond motifs is 2. The van der Waals surface area contributed by atoms with Crippen LogP contribution in [0.5, 0.6) is 5.75 Å². The fraction of sp³-hybridized carbons (Fsp3) is 0.577. The monoisotopic (exact) mass is 505 g/mol. The zero-order valence-electron chi connectivity index (χ0n) is 19.7. The van der Waals surface area contributed by atoms with Crippen molar-refractivity contribution in [1.82, 2.24) is 15.6 Å². The van der Waals surface area contributed by atoms with E-state index in [1.807, 2.05) is 6.92 Å². The first-order valence-electron chi connectivity index (χ1n) is 12.4. The molecule has 2 amide bonds. The lowest BCUT2D eigenvalue weighted by Crippen LogP contribution is -2.84. The Hall–Kier alpha value is -2.91. The topological polar surface area (TPSA) is 80.3 Å². The van der Waals surface area contributed by atoms with Crippen molar-refractivity contribution in [2.45, 2.75) is 68.8 Å². The molecule has 2 N–H and O–H groups in total. The van der Waals surface area contributed by atoms with Gasteiger partial charge in [-0.25, -0.2) is 4.39 Å². The van der Waals surface area contributed by atoms with Crippen LogP contribution in [0, 0.1) is 29.5 Å². The summed E-state index contributed by atoms with van der Waals surface area (Å²) in [4.78, 5) is 28.8. The maximum Gasteiger partial charge on any atom is 0.397 e. The highest BCUT2D eigenvalue weighted by Gasteiger charge is 2.70. The summed E-state index contributed by atoms with van der Waals surface area (Å²) in [5, 5.41) is 6.25. The summed E-state index contributed by atoms with van der Waals surface area (Å²) < 4.78 is 57.1. The highest BCUT2D eigenvalue weighted by atomic mass is 19.4. The van der Waals surface area contributed by atoms with Gasteiger partial charge in [0.25, 0.3) is 0 Å². The largest absolute Gasteiger partial charge is 0.490 e. The molecule has 5 atom stereocenters. The predicted octanol–water partition coefficient (Wildman–Crippen LogP) is 4.27. The summed E-state index contributed by atoms with van der Waals surface area (Å²) in [6.07, 6.45) is -1.21. The molecular formula is C26H27F4N3O3. The van der Waals surface area contributed by atoms with Gasteiger partial charge in [-0.3, -0.25) is 14.6 Å². The molecule has 1 heterocycles. The van der Waals surface area contributed by atoms with Gasteiger partial charge in [0.05, 0.1) is 11.6 Å². The number of ether oxygens (including phenoxy) is 1. The van der Waals surface area contributed by atoms with Gasteiger partial charge in [-0.15, -0.1) is 0 Å². The van der Waals surface area contributed by atoms with Crippen molar-refractivity contribution in [3.63, 3.8) is 0 Å². The van der Waals surface area contributed by atoms with E-state index >= 15 is 0 Å². The SMILES string of the molecule is CC(C(=O)NC12CC(NC(=O)CC(F)(F)F)(C1)C2)[C@H]1[C@@H]2C[C@@H](Oc3ccnc4ccc(F)cc34)C[C@@H]21. The van der Waals surface area contributed by atoms with Crippen LogP contribution in [0.2, 0.25) is 0 Å². The first-order chi connectivity index (χ1) is 16.9. The van der Waals surface area contributed by atoms with Gasteiger partial charge in [0.2, 0.25) is 11.8 Å². The van der Waals surface area contributed by atoms with Crippen molar-refractivity contribution >= 4 is 22.7 Å². The number of carbonyl (C=O) groups is 2. The van der Waals surface area contributed by atoms with E-state index in [1.54, 1.807) is 18.3 Å². The van der Waals surface area contributed by atoms with E-state index in [0.29, 0.717) is 47.8 Å². The lowest BCUT2D eigenvalue weighted by atomic mass is 9.44. The Kier molecular flexibility index (Phi) is 5.08. The Bertz CT molecular complexity index is 1220. The summed E-state index contributed by atoms with van der Waals surface area (Å²) in [6.45, 7) is 1.93. The number of benzene rings is 1. The van der Waals surface area contributed by atoms with Crippen LogP contribution in [0.25, 0.3) is 10.9 Å². The summed E-state index contributed by atoms with van der Waals surface area (Å²) in [5.41, 5.74) is -0.320. The van der Waals surface area contributed by atoms with Crippen LogP contribution in [0.1, 0.15) is 45.4 Å². The van der Waals surface area contributed by atoms with E-state index in [4.69, 9.17) is 4.74 Å². The molecule has 192 valence electrons. The van der Waals surface area contributed by atoms with Gasteiger partial charge in [0, 0.05) is 28.6 Å². The average Bonchev–Trinajstić information content (AvgIpc) is 3.24. The van der Waals surface area contributed by atoms with Gasteiger partial charge in [0.15, 0.2) is 0 Å². The molecule has 2 aromatic rings. The van der Waals surface area contributed by atoms with E-state index < -0.39 is 29.6 Å². The van der Waals surface area contributed by atoms with Crippen molar-refractivity contribution in [1.29, 1.82) is 0 Å². The smallest absolute Gasteiger partial charge is 0.397 e. The van der Waals surface area contributed by atoms with E-state index in [2.05, 4.69) is 15.6 Å². The van der Waals surface area contributed by atoms with Crippen molar-refractivity contribution in [2.75, 3.05) is 0 Å². The summed E-state index contributed by atoms with van der Waals surface area (Å²) in [6, 6.07) is 6.18. The number of pyridine rings is 1. The third-order valence-electron chi connectivity index (χ3n) is 8.60. The Balaban J connectivity index is 0.980. The first-order valence-corrected chi connectivity index (χ1v) is 12.4. The molecule has 0 aliphatic heterocycles. The first kappa shape index (κ1) is 23.5. The molecule has 1 aromatic heterocycles. The standard InChI is InChI=1S/C26H27F4N3O3/c1-13(23(35)33-25-10-24(11-25,12-25)32-21(34)9-26(28,29)30)22-16-7-15(8-17(16)22)36-20-4-5-31-19-3-2-14(27)6-18(19)20/h2-6,13,15-17,22H,7-12H2,1H3,(H,32,34)(H,33,35)/t13?,15-,16-,17+,22+,24?,25?. The molecule has 0 spiro atoms. The van der Waals surface area contributed by atoms with Crippen LogP contribution < -0.4 is 15.4 Å². The highest BCUT2D eigenvalue weighted by Crippen LogP contribution is 2.63. The van der Waals surface area contributed by atoms with Crippen molar-refractivity contribution in [3.8, 4) is 5.75 Å². The van der Waals surface area contributed by atoms with Gasteiger partial charge in [-0.2, -0.15) is 13.2 Å². The summed E-state index contributed by atoms with van der Waals surface area (Å²) in [7, 11) is 0. The minimum absolute atomic E-state index is 0.0122. The van der Waals surface area contributed by atoms with Gasteiger partial charge in [-0.1, -0.05) is 6.92 Å². The van der Waals surface area contributed by atoms with Crippen LogP contribution in [0.4, 0.5) is 17.6 Å². The Morgan fingerprint density at radius 1 is 1.11 bits per heavy atom. The van der Waals surface area contributed by atoms with E-state index in [0.717, 1.165) is 12.8 Å². The van der Waals surface area contributed by atoms with Gasteiger partial charge in [-0.05, 0) is 74.1 Å². The van der Waals surface area contributed by atoms with Crippen LogP contribution >= 0.6 is 0 Å². The fourth-order valence-corrected chi connectivity index (χ4v) is 7.18. The number of hydrogen-bond acceptors (Lipinski definition) is 4. The van der Waals surface area contributed by atoms with Gasteiger partial charge < -0.3 is 15.4 Å². The molecular weight excluding hydrogens is 478 g/mol. The normalized spacial score (nSPS) is 34.7. The number of nitrogens with one attached hydrogen (secondary N) is 2. The molecule has 10 heteroatoms. The molecule has 5 saturated carbocycles. The van der Waals surface area contributed by atoms with E-state index in [-0.39, 0.29) is 29.7 Å². The number of alkyl halides is 3. The molecule has 1 unspecified atom stereocenters. The average molecular weight is 506 g/mol. The quantitative estimate of drug-likeness (QED) is 0.551. The lowest BCUT2D eigenvalue weighted by molar-refractivity contribution is -0.166. The second-order valence-electron chi connectivity index (χ2n) is 11.3. The zero-order chi connectivity index (χ0) is 25.5. The summed E-state index contributed by atoms with van der Waals surface area (Å²) >= 11 is 0. The van der Waals surface area contributed by atoms with E-state index in [1.165, 1.54) is 12.1 Å². The predicted molar refractivity (Wildman–Crippen MR) is 121 cm³/mol. The second kappa shape index (κ2) is 7.79. The van der Waals surface area contributed by atoms with Gasteiger partial charge in [0.1, 0.15) is 18.0 Å². The Morgan fingerprint density at radius 3 is 2.44 bits per heavy atom. The molecule has 5 aliphatic carbocycles. The third-order valence-corrected chi connectivity index (χ3v) is 8.60. The van der Waals surface area contributed by atoms with E-state index in [9.17, 15) is 27.2 Å². The lowest BCUT2D eigenvalue weighted by Gasteiger charge is -2.70. The highest BCUT2D eigenvalue weighted by molar-refractivity contribution is 5.85. The van der Waals surface area contributed by atoms with Crippen LogP contribution in [0.15, 0.2) is 30.5 Å². The maximum absolute atomic E-state index is 13.7. The molecule has 5 fully saturated rings. The number of nitrogens with zero attached hydrogens (tertiary/aromatic N) is 1. The number of amides is 2. The number of carbonyl (C=O) groups excluding carboxylic acids is 2. The fourth-order valence-electron chi connectivity index (χ4n) is 7.18. The van der Waals surface area contributed by atoms with Crippen molar-refractivity contribution in [2.24, 2.45) is 23.7 Å². The number of hydrogen-bond donors (Lipinski definition) is 2. The molecule has 0 saturated heterocycles. The minimum atomic E-state index is -4.52. The minimum Gasteiger partial charge on any atom is -0.490 e. The van der Waals surface area contributed by atoms with Crippen molar-refractivity contribution < 1.29 is 31.9 Å². The molecule has 7 rings (SSSR count). The molecule has 2 bridgehead atoms.